The van der Waals surface area contributed by atoms with Crippen molar-refractivity contribution in [3.63, 3.8) is 0 Å². The van der Waals surface area contributed by atoms with Gasteiger partial charge in [0.15, 0.2) is 0 Å². The van der Waals surface area contributed by atoms with Crippen molar-refractivity contribution in [3.05, 3.63) is 48.0 Å². The minimum absolute atomic E-state index is 0.734. The van der Waals surface area contributed by atoms with Crippen molar-refractivity contribution >= 4 is 5.97 Å². The maximum atomic E-state index is 10.0. The Bertz CT molecular complexity index is 288. The van der Waals surface area contributed by atoms with E-state index in [-0.39, 0.29) is 0 Å². The Morgan fingerprint density at radius 3 is 2.54 bits per heavy atom. The van der Waals surface area contributed by atoms with E-state index in [0.29, 0.717) is 0 Å². The highest BCUT2D eigenvalue weighted by atomic mass is 16.4. The molecule has 0 aliphatic heterocycles. The fourth-order valence-electron chi connectivity index (χ4n) is 1.07. The van der Waals surface area contributed by atoms with E-state index < -0.39 is 5.97 Å². The second-order valence-corrected chi connectivity index (χ2v) is 2.75. The molecular formula is C11H11O2. The fourth-order valence-corrected chi connectivity index (χ4v) is 1.07. The summed E-state index contributed by atoms with van der Waals surface area (Å²) in [6, 6.07) is 9.94. The third kappa shape index (κ3) is 4.11. The maximum Gasteiger partial charge on any atom is 0.378 e. The maximum absolute atomic E-state index is 10.0. The van der Waals surface area contributed by atoms with Gasteiger partial charge in [0, 0.05) is 6.08 Å². The van der Waals surface area contributed by atoms with E-state index in [1.807, 2.05) is 30.3 Å². The third-order valence-electron chi connectivity index (χ3n) is 1.70. The van der Waals surface area contributed by atoms with Crippen LogP contribution in [0, 0.1) is 0 Å². The quantitative estimate of drug-likeness (QED) is 0.646. The Kier molecular flexibility index (Phi) is 3.76. The van der Waals surface area contributed by atoms with E-state index in [1.165, 1.54) is 5.56 Å². The first kappa shape index (κ1) is 9.52. The van der Waals surface area contributed by atoms with Crippen molar-refractivity contribution in [3.8, 4) is 0 Å². The number of carbonyl (C=O) groups is 1. The van der Waals surface area contributed by atoms with Crippen LogP contribution in [0.3, 0.4) is 0 Å². The summed E-state index contributed by atoms with van der Waals surface area (Å²) >= 11 is 0. The van der Waals surface area contributed by atoms with Crippen molar-refractivity contribution in [1.82, 2.24) is 0 Å². The Morgan fingerprint density at radius 1 is 1.23 bits per heavy atom. The monoisotopic (exact) mass is 175 g/mol. The van der Waals surface area contributed by atoms with Gasteiger partial charge >= 0.3 is 5.97 Å². The Labute approximate surface area is 77.5 Å². The lowest BCUT2D eigenvalue weighted by Gasteiger charge is -1.95. The predicted octanol–water partition coefficient (Wildman–Crippen LogP) is 2.13. The molecule has 0 spiro atoms. The lowest BCUT2D eigenvalue weighted by Crippen LogP contribution is -1.85. The normalized spacial score (nSPS) is 10.5. The van der Waals surface area contributed by atoms with Crippen LogP contribution >= 0.6 is 0 Å². The van der Waals surface area contributed by atoms with E-state index in [1.54, 1.807) is 6.08 Å². The van der Waals surface area contributed by atoms with Crippen LogP contribution in [0.15, 0.2) is 42.5 Å². The Balaban J connectivity index is 2.32. The summed E-state index contributed by atoms with van der Waals surface area (Å²) in [6.07, 6.45) is 4.29. The standard InChI is InChI=1S/C11H11O2/c12-11(13)9-5-4-8-10-6-2-1-3-7-10/h1-3,5-7,9H,4,8H2. The van der Waals surface area contributed by atoms with Crippen molar-refractivity contribution in [1.29, 1.82) is 0 Å². The highest BCUT2D eigenvalue weighted by Gasteiger charge is 1.90. The first-order valence-corrected chi connectivity index (χ1v) is 4.20. The molecule has 0 bridgehead atoms. The van der Waals surface area contributed by atoms with Crippen LogP contribution in [0.5, 0.6) is 0 Å². The average molecular weight is 175 g/mol. The second kappa shape index (κ2) is 5.14. The number of rotatable bonds is 4. The molecule has 0 atom stereocenters. The van der Waals surface area contributed by atoms with Gasteiger partial charge in [-0.25, -0.2) is 9.90 Å². The summed E-state index contributed by atoms with van der Waals surface area (Å²) in [4.78, 5) is 10.0. The fraction of sp³-hybridized carbons (Fsp3) is 0.182. The van der Waals surface area contributed by atoms with Crippen molar-refractivity contribution in [2.45, 2.75) is 12.8 Å². The summed E-state index contributed by atoms with van der Waals surface area (Å²) in [5, 5.41) is 10.0. The zero-order valence-electron chi connectivity index (χ0n) is 7.27. The van der Waals surface area contributed by atoms with Crippen LogP contribution in [-0.2, 0) is 16.3 Å². The van der Waals surface area contributed by atoms with Gasteiger partial charge in [-0.15, -0.1) is 0 Å². The van der Waals surface area contributed by atoms with Gasteiger partial charge in [-0.3, -0.25) is 0 Å². The van der Waals surface area contributed by atoms with Crippen LogP contribution in [-0.4, -0.2) is 5.97 Å². The summed E-state index contributed by atoms with van der Waals surface area (Å²) < 4.78 is 0. The van der Waals surface area contributed by atoms with Gasteiger partial charge < -0.3 is 0 Å². The number of allylic oxidation sites excluding steroid dienone is 1. The first-order chi connectivity index (χ1) is 6.29. The first-order valence-electron chi connectivity index (χ1n) is 4.20. The molecule has 0 heterocycles. The molecule has 1 aromatic carbocycles. The van der Waals surface area contributed by atoms with E-state index in [4.69, 9.17) is 0 Å². The molecule has 0 aromatic heterocycles. The number of carbonyl (C=O) groups excluding carboxylic acids is 1. The van der Waals surface area contributed by atoms with E-state index in [2.05, 4.69) is 0 Å². The van der Waals surface area contributed by atoms with Crippen molar-refractivity contribution in [2.75, 3.05) is 0 Å². The minimum atomic E-state index is -1.13. The Hall–Kier alpha value is -1.57. The van der Waals surface area contributed by atoms with Gasteiger partial charge in [0.25, 0.3) is 0 Å². The molecule has 0 aliphatic carbocycles. The predicted molar refractivity (Wildman–Crippen MR) is 49.6 cm³/mol. The van der Waals surface area contributed by atoms with Crippen molar-refractivity contribution < 1.29 is 9.90 Å². The lowest BCUT2D eigenvalue weighted by atomic mass is 10.1. The Morgan fingerprint density at radius 2 is 1.92 bits per heavy atom. The summed E-state index contributed by atoms with van der Waals surface area (Å²) in [7, 11) is 0. The minimum Gasteiger partial charge on any atom is -0.242 e. The van der Waals surface area contributed by atoms with Crippen LogP contribution in [0.4, 0.5) is 0 Å². The smallest absolute Gasteiger partial charge is 0.242 e. The molecule has 0 saturated carbocycles. The van der Waals surface area contributed by atoms with Gasteiger partial charge in [-0.1, -0.05) is 36.4 Å². The van der Waals surface area contributed by atoms with Crippen molar-refractivity contribution in [2.24, 2.45) is 0 Å². The van der Waals surface area contributed by atoms with E-state index in [9.17, 15) is 9.90 Å². The zero-order valence-corrected chi connectivity index (χ0v) is 7.27. The SMILES string of the molecule is [O]C(=O)C=CCCc1ccccc1. The van der Waals surface area contributed by atoms with Crippen LogP contribution < -0.4 is 0 Å². The highest BCUT2D eigenvalue weighted by Crippen LogP contribution is 2.02. The van der Waals surface area contributed by atoms with Gasteiger partial charge in [-0.2, -0.15) is 0 Å². The van der Waals surface area contributed by atoms with Crippen LogP contribution in [0.2, 0.25) is 0 Å². The van der Waals surface area contributed by atoms with E-state index >= 15 is 0 Å². The molecule has 0 fully saturated rings. The number of hydrogen-bond acceptors (Lipinski definition) is 1. The molecule has 0 N–H and O–H groups in total. The van der Waals surface area contributed by atoms with Gasteiger partial charge in [0.2, 0.25) is 0 Å². The molecule has 2 heteroatoms. The molecule has 0 saturated heterocycles. The molecule has 1 rings (SSSR count). The zero-order chi connectivity index (χ0) is 9.52. The summed E-state index contributed by atoms with van der Waals surface area (Å²) in [6.45, 7) is 0. The second-order valence-electron chi connectivity index (χ2n) is 2.75. The average Bonchev–Trinajstić information content (AvgIpc) is 2.14. The van der Waals surface area contributed by atoms with Gasteiger partial charge in [-0.05, 0) is 18.4 Å². The van der Waals surface area contributed by atoms with Gasteiger partial charge in [0.05, 0.1) is 0 Å². The largest absolute Gasteiger partial charge is 0.378 e. The molecule has 0 aliphatic rings. The molecule has 13 heavy (non-hydrogen) atoms. The number of hydrogen-bond donors (Lipinski definition) is 0. The number of aryl methyl sites for hydroxylation is 1. The topological polar surface area (TPSA) is 37.0 Å². The molecular weight excluding hydrogens is 164 g/mol. The molecule has 1 aromatic rings. The van der Waals surface area contributed by atoms with Crippen LogP contribution in [0.25, 0.3) is 0 Å². The molecule has 2 nitrogen and oxygen atoms in total. The molecule has 0 unspecified atom stereocenters. The molecule has 67 valence electrons. The summed E-state index contributed by atoms with van der Waals surface area (Å²) in [5.74, 6) is -1.13. The summed E-state index contributed by atoms with van der Waals surface area (Å²) in [5.41, 5.74) is 1.21. The number of benzene rings is 1. The lowest BCUT2D eigenvalue weighted by molar-refractivity contribution is -0.137. The third-order valence-corrected chi connectivity index (χ3v) is 1.70. The molecule has 1 radical (unpaired) electrons. The van der Waals surface area contributed by atoms with E-state index in [0.717, 1.165) is 18.9 Å². The molecule has 0 amide bonds. The van der Waals surface area contributed by atoms with Gasteiger partial charge in [0.1, 0.15) is 0 Å². The van der Waals surface area contributed by atoms with Crippen LogP contribution in [0.1, 0.15) is 12.0 Å². The highest BCUT2D eigenvalue weighted by molar-refractivity contribution is 5.79.